The molecular weight excluding hydrogens is 292 g/mol. The van der Waals surface area contributed by atoms with Crippen molar-refractivity contribution in [3.63, 3.8) is 0 Å². The molecule has 3 rings (SSSR count). The molecule has 0 unspecified atom stereocenters. The van der Waals surface area contributed by atoms with E-state index in [1.54, 1.807) is 0 Å². The van der Waals surface area contributed by atoms with Gasteiger partial charge in [0.1, 0.15) is 0 Å². The van der Waals surface area contributed by atoms with Gasteiger partial charge in [-0.25, -0.2) is 0 Å². The first-order valence-electron chi connectivity index (χ1n) is 9.97. The van der Waals surface area contributed by atoms with E-state index in [0.29, 0.717) is 0 Å². The molecule has 2 saturated carbocycles. The summed E-state index contributed by atoms with van der Waals surface area (Å²) in [5, 5.41) is 0. The van der Waals surface area contributed by atoms with Crippen molar-refractivity contribution in [3.8, 4) is 0 Å². The fourth-order valence-corrected chi connectivity index (χ4v) is 5.14. The summed E-state index contributed by atoms with van der Waals surface area (Å²) in [6.45, 7) is 2.44. The minimum atomic E-state index is 0.963. The Morgan fingerprint density at radius 2 is 1.30 bits per heavy atom. The van der Waals surface area contributed by atoms with Crippen molar-refractivity contribution >= 4 is 10.2 Å². The summed E-state index contributed by atoms with van der Waals surface area (Å²) in [5.74, 6) is 4.13. The Kier molecular flexibility index (Phi) is 6.39. The summed E-state index contributed by atoms with van der Waals surface area (Å²) >= 11 is 0. The van der Waals surface area contributed by atoms with Crippen LogP contribution in [0.3, 0.4) is 0 Å². The normalized spacial score (nSPS) is 31.9. The highest BCUT2D eigenvalue weighted by molar-refractivity contribution is 6.08. The molecule has 3 radical (unpaired) electrons. The highest BCUT2D eigenvalue weighted by Gasteiger charge is 2.29. The van der Waals surface area contributed by atoms with Gasteiger partial charge in [-0.15, -0.1) is 0 Å². The van der Waals surface area contributed by atoms with Gasteiger partial charge in [0.2, 0.25) is 0 Å². The van der Waals surface area contributed by atoms with Crippen molar-refractivity contribution < 1.29 is 0 Å². The molecular formula is C22H33Si. The Hall–Kier alpha value is -0.563. The van der Waals surface area contributed by atoms with Crippen molar-refractivity contribution in [3.05, 3.63) is 35.4 Å². The molecule has 0 aliphatic heterocycles. The van der Waals surface area contributed by atoms with Crippen LogP contribution in [0.2, 0.25) is 0 Å². The summed E-state index contributed by atoms with van der Waals surface area (Å²) in [7, 11) is 3.57. The van der Waals surface area contributed by atoms with E-state index >= 15 is 0 Å². The maximum atomic E-state index is 3.57. The summed E-state index contributed by atoms with van der Waals surface area (Å²) in [6.07, 6.45) is 14.8. The molecule has 0 bridgehead atoms. The lowest BCUT2D eigenvalue weighted by atomic mass is 9.69. The molecule has 1 aromatic carbocycles. The van der Waals surface area contributed by atoms with Crippen LogP contribution >= 0.6 is 0 Å². The molecule has 125 valence electrons. The smallest absolute Gasteiger partial charge is 0.0283 e. The Morgan fingerprint density at radius 3 is 1.87 bits per heavy atom. The van der Waals surface area contributed by atoms with E-state index in [9.17, 15) is 0 Å². The molecule has 0 atom stereocenters. The molecule has 0 aromatic heterocycles. The van der Waals surface area contributed by atoms with Gasteiger partial charge < -0.3 is 0 Å². The lowest BCUT2D eigenvalue weighted by molar-refractivity contribution is 0.148. The average Bonchev–Trinajstić information content (AvgIpc) is 2.61. The molecule has 2 aliphatic rings. The van der Waals surface area contributed by atoms with Gasteiger partial charge in [-0.05, 0) is 73.8 Å². The van der Waals surface area contributed by atoms with Crippen LogP contribution in [0, 0.1) is 23.7 Å². The van der Waals surface area contributed by atoms with Gasteiger partial charge >= 0.3 is 0 Å². The van der Waals surface area contributed by atoms with Crippen LogP contribution in [0.15, 0.2) is 24.3 Å². The number of aryl methyl sites for hydroxylation is 1. The average molecular weight is 326 g/mol. The minimum Gasteiger partial charge on any atom is -0.0625 e. The highest BCUT2D eigenvalue weighted by Crippen LogP contribution is 2.42. The fraction of sp³-hybridized carbons (Fsp3) is 0.727. The molecule has 0 amide bonds. The Balaban J connectivity index is 1.38. The number of benzene rings is 1. The van der Waals surface area contributed by atoms with Crippen LogP contribution in [-0.4, -0.2) is 10.2 Å². The van der Waals surface area contributed by atoms with E-state index in [1.807, 2.05) is 0 Å². The third kappa shape index (κ3) is 4.95. The summed E-state index contributed by atoms with van der Waals surface area (Å²) in [6, 6.07) is 10.1. The highest BCUT2D eigenvalue weighted by atomic mass is 28.1. The van der Waals surface area contributed by atoms with Gasteiger partial charge in [0, 0.05) is 10.2 Å². The monoisotopic (exact) mass is 325 g/mol. The van der Waals surface area contributed by atoms with E-state index in [2.05, 4.69) is 41.4 Å². The number of hydrogen-bond donors (Lipinski definition) is 0. The zero-order chi connectivity index (χ0) is 16.1. The quantitative estimate of drug-likeness (QED) is 0.589. The third-order valence-electron chi connectivity index (χ3n) is 6.69. The standard InChI is InChI=1S/C22H33Si/c1-17-2-12-21(13-3-17)22-14-10-19(11-15-22)5-4-18-6-8-20(16-23)9-7-18/h6-9,17,19,21-22H,2-5,10-16H2,1H3. The predicted molar refractivity (Wildman–Crippen MR) is 101 cm³/mol. The first kappa shape index (κ1) is 17.3. The SMILES string of the molecule is CC1CCC(C2CCC(CCc3ccc(C[Si])cc3)CC2)CC1. The van der Waals surface area contributed by atoms with E-state index < -0.39 is 0 Å². The van der Waals surface area contributed by atoms with Crippen LogP contribution in [-0.2, 0) is 12.5 Å². The van der Waals surface area contributed by atoms with Crippen molar-refractivity contribution in [2.75, 3.05) is 0 Å². The first-order valence-corrected chi connectivity index (χ1v) is 10.7. The van der Waals surface area contributed by atoms with Gasteiger partial charge in [-0.1, -0.05) is 62.4 Å². The lowest BCUT2D eigenvalue weighted by Crippen LogP contribution is -2.25. The van der Waals surface area contributed by atoms with Crippen LogP contribution in [0.5, 0.6) is 0 Å². The second-order valence-electron chi connectivity index (χ2n) is 8.33. The maximum Gasteiger partial charge on any atom is 0.0283 e. The molecule has 0 nitrogen and oxygen atoms in total. The van der Waals surface area contributed by atoms with Crippen LogP contribution < -0.4 is 0 Å². The molecule has 0 saturated heterocycles. The topological polar surface area (TPSA) is 0 Å². The van der Waals surface area contributed by atoms with Crippen molar-refractivity contribution in [2.24, 2.45) is 23.7 Å². The van der Waals surface area contributed by atoms with Crippen LogP contribution in [0.1, 0.15) is 75.8 Å². The Bertz CT molecular complexity index is 447. The first-order chi connectivity index (χ1) is 11.2. The second kappa shape index (κ2) is 8.51. The molecule has 23 heavy (non-hydrogen) atoms. The fourth-order valence-electron chi connectivity index (χ4n) is 4.90. The van der Waals surface area contributed by atoms with Crippen LogP contribution in [0.25, 0.3) is 0 Å². The lowest BCUT2D eigenvalue weighted by Gasteiger charge is -2.37. The third-order valence-corrected chi connectivity index (χ3v) is 7.10. The second-order valence-corrected chi connectivity index (χ2v) is 8.69. The zero-order valence-electron chi connectivity index (χ0n) is 14.9. The molecule has 0 spiro atoms. The predicted octanol–water partition coefficient (Wildman–Crippen LogP) is 5.92. The molecule has 0 heterocycles. The van der Waals surface area contributed by atoms with Crippen LogP contribution in [0.4, 0.5) is 0 Å². The molecule has 1 aromatic rings. The Morgan fingerprint density at radius 1 is 0.783 bits per heavy atom. The van der Waals surface area contributed by atoms with Crippen molar-refractivity contribution in [1.82, 2.24) is 0 Å². The summed E-state index contributed by atoms with van der Waals surface area (Å²) in [4.78, 5) is 0. The number of rotatable bonds is 5. The zero-order valence-corrected chi connectivity index (χ0v) is 15.9. The largest absolute Gasteiger partial charge is 0.0625 e. The molecule has 2 fully saturated rings. The van der Waals surface area contributed by atoms with Gasteiger partial charge in [-0.2, -0.15) is 0 Å². The maximum absolute atomic E-state index is 3.57. The van der Waals surface area contributed by atoms with Gasteiger partial charge in [0.15, 0.2) is 0 Å². The minimum absolute atomic E-state index is 0.963. The van der Waals surface area contributed by atoms with Crippen molar-refractivity contribution in [1.29, 1.82) is 0 Å². The summed E-state index contributed by atoms with van der Waals surface area (Å²) < 4.78 is 0. The molecule has 1 heteroatoms. The molecule has 0 N–H and O–H groups in total. The number of hydrogen-bond acceptors (Lipinski definition) is 0. The van der Waals surface area contributed by atoms with Gasteiger partial charge in [0.25, 0.3) is 0 Å². The van der Waals surface area contributed by atoms with E-state index in [4.69, 9.17) is 0 Å². The van der Waals surface area contributed by atoms with E-state index in [1.165, 1.54) is 75.3 Å². The van der Waals surface area contributed by atoms with Crippen molar-refractivity contribution in [2.45, 2.75) is 77.2 Å². The van der Waals surface area contributed by atoms with E-state index in [-0.39, 0.29) is 0 Å². The summed E-state index contributed by atoms with van der Waals surface area (Å²) in [5.41, 5.74) is 2.91. The van der Waals surface area contributed by atoms with Gasteiger partial charge in [0.05, 0.1) is 0 Å². The van der Waals surface area contributed by atoms with E-state index in [0.717, 1.165) is 29.7 Å². The van der Waals surface area contributed by atoms with Gasteiger partial charge in [-0.3, -0.25) is 0 Å². The molecule has 2 aliphatic carbocycles. The Labute approximate surface area is 146 Å².